The number of nitrogens with two attached hydrogens (primary N) is 1. The first-order valence-electron chi connectivity index (χ1n) is 6.79. The predicted octanol–water partition coefficient (Wildman–Crippen LogP) is 2.14. The summed E-state index contributed by atoms with van der Waals surface area (Å²) in [6, 6.07) is 4.35. The summed E-state index contributed by atoms with van der Waals surface area (Å²) in [5.41, 5.74) is 5.90. The number of carbonyl (C=O) groups excluding carboxylic acids is 1. The molecule has 2 atom stereocenters. The lowest BCUT2D eigenvalue weighted by molar-refractivity contribution is -0.127. The van der Waals surface area contributed by atoms with Crippen molar-refractivity contribution >= 4 is 5.91 Å². The summed E-state index contributed by atoms with van der Waals surface area (Å²) in [6.07, 6.45) is 1.98. The molecule has 110 valence electrons. The largest absolute Gasteiger partial charge is 0.494 e. The molecule has 0 aliphatic heterocycles. The van der Waals surface area contributed by atoms with E-state index in [0.29, 0.717) is 5.56 Å². The highest BCUT2D eigenvalue weighted by Crippen LogP contribution is 2.38. The van der Waals surface area contributed by atoms with Gasteiger partial charge in [-0.15, -0.1) is 0 Å². The zero-order valence-corrected chi connectivity index (χ0v) is 12.1. The Labute approximate surface area is 118 Å². The second-order valence-corrected chi connectivity index (χ2v) is 5.65. The molecule has 3 N–H and O–H groups in total. The number of benzene rings is 1. The van der Waals surface area contributed by atoms with Gasteiger partial charge in [-0.25, -0.2) is 4.39 Å². The van der Waals surface area contributed by atoms with Gasteiger partial charge in [0.1, 0.15) is 0 Å². The fraction of sp³-hybridized carbons (Fsp3) is 0.533. The van der Waals surface area contributed by atoms with Gasteiger partial charge in [-0.1, -0.05) is 6.07 Å². The third-order valence-corrected chi connectivity index (χ3v) is 3.94. The molecule has 20 heavy (non-hydrogen) atoms. The van der Waals surface area contributed by atoms with Crippen LogP contribution in [0.2, 0.25) is 0 Å². The van der Waals surface area contributed by atoms with Gasteiger partial charge in [0.05, 0.1) is 18.7 Å². The minimum atomic E-state index is -0.848. The standard InChI is InChI=1S/C15H21FN2O2/c1-9(10-4-7-13(20-3)12(16)8-10)18-14(19)15(2,17)11-5-6-11/h4,7-9,11H,5-6,17H2,1-3H3,(H,18,19). The number of methoxy groups -OCH3 is 1. The van der Waals surface area contributed by atoms with Crippen molar-refractivity contribution in [1.29, 1.82) is 0 Å². The zero-order chi connectivity index (χ0) is 14.9. The summed E-state index contributed by atoms with van der Waals surface area (Å²) in [7, 11) is 1.42. The minimum absolute atomic E-state index is 0.189. The van der Waals surface area contributed by atoms with Crippen molar-refractivity contribution in [2.24, 2.45) is 11.7 Å². The van der Waals surface area contributed by atoms with Gasteiger partial charge in [0.2, 0.25) is 5.91 Å². The lowest BCUT2D eigenvalue weighted by atomic mass is 9.95. The Morgan fingerprint density at radius 2 is 2.20 bits per heavy atom. The van der Waals surface area contributed by atoms with Crippen molar-refractivity contribution in [3.63, 3.8) is 0 Å². The van der Waals surface area contributed by atoms with E-state index in [2.05, 4.69) is 5.32 Å². The summed E-state index contributed by atoms with van der Waals surface area (Å²) < 4.78 is 18.5. The zero-order valence-electron chi connectivity index (χ0n) is 12.1. The molecule has 0 spiro atoms. The van der Waals surface area contributed by atoms with Crippen molar-refractivity contribution in [2.75, 3.05) is 7.11 Å². The highest BCUT2D eigenvalue weighted by atomic mass is 19.1. The van der Waals surface area contributed by atoms with Crippen molar-refractivity contribution < 1.29 is 13.9 Å². The molecule has 0 aromatic heterocycles. The Bertz CT molecular complexity index is 513. The fourth-order valence-corrected chi connectivity index (χ4v) is 2.26. The number of nitrogens with one attached hydrogen (secondary N) is 1. The average Bonchev–Trinajstić information content (AvgIpc) is 3.22. The molecule has 1 aromatic carbocycles. The van der Waals surface area contributed by atoms with Crippen LogP contribution >= 0.6 is 0 Å². The summed E-state index contributed by atoms with van der Waals surface area (Å²) in [6.45, 7) is 3.56. The normalized spacial score (nSPS) is 19.1. The van der Waals surface area contributed by atoms with E-state index in [9.17, 15) is 9.18 Å². The maximum atomic E-state index is 13.7. The van der Waals surface area contributed by atoms with E-state index in [4.69, 9.17) is 10.5 Å². The maximum absolute atomic E-state index is 13.7. The molecule has 1 saturated carbocycles. The smallest absolute Gasteiger partial charge is 0.240 e. The average molecular weight is 280 g/mol. The number of rotatable bonds is 5. The maximum Gasteiger partial charge on any atom is 0.240 e. The van der Waals surface area contributed by atoms with Crippen LogP contribution in [-0.4, -0.2) is 18.6 Å². The summed E-state index contributed by atoms with van der Waals surface area (Å²) in [5, 5.41) is 2.85. The topological polar surface area (TPSA) is 64.3 Å². The van der Waals surface area contributed by atoms with Gasteiger partial charge in [0, 0.05) is 0 Å². The van der Waals surface area contributed by atoms with E-state index in [0.717, 1.165) is 12.8 Å². The number of hydrogen-bond donors (Lipinski definition) is 2. The van der Waals surface area contributed by atoms with Crippen molar-refractivity contribution in [1.82, 2.24) is 5.32 Å². The van der Waals surface area contributed by atoms with Gasteiger partial charge in [0.25, 0.3) is 0 Å². The third kappa shape index (κ3) is 2.93. The fourth-order valence-electron chi connectivity index (χ4n) is 2.26. The van der Waals surface area contributed by atoms with Gasteiger partial charge in [-0.2, -0.15) is 0 Å². The molecular formula is C15H21FN2O2. The second kappa shape index (κ2) is 5.40. The van der Waals surface area contributed by atoms with Gasteiger partial charge >= 0.3 is 0 Å². The number of amides is 1. The lowest BCUT2D eigenvalue weighted by Gasteiger charge is -2.26. The molecule has 0 saturated heterocycles. The molecule has 1 aliphatic rings. The van der Waals surface area contributed by atoms with Crippen LogP contribution in [0.3, 0.4) is 0 Å². The summed E-state index contributed by atoms with van der Waals surface area (Å²) >= 11 is 0. The van der Waals surface area contributed by atoms with Crippen LogP contribution in [0.4, 0.5) is 4.39 Å². The predicted molar refractivity (Wildman–Crippen MR) is 74.8 cm³/mol. The number of ether oxygens (including phenoxy) is 1. The first kappa shape index (κ1) is 14.8. The Balaban J connectivity index is 2.06. The van der Waals surface area contributed by atoms with Crippen molar-refractivity contribution in [3.8, 4) is 5.75 Å². The van der Waals surface area contributed by atoms with Gasteiger partial charge in [-0.05, 0) is 50.3 Å². The molecule has 0 heterocycles. The van der Waals surface area contributed by atoms with Gasteiger partial charge in [0.15, 0.2) is 11.6 Å². The van der Waals surface area contributed by atoms with E-state index in [1.165, 1.54) is 13.2 Å². The Morgan fingerprint density at radius 1 is 1.55 bits per heavy atom. The Kier molecular flexibility index (Phi) is 3.99. The first-order chi connectivity index (χ1) is 9.36. The van der Waals surface area contributed by atoms with Crippen LogP contribution in [0.5, 0.6) is 5.75 Å². The summed E-state index contributed by atoms with van der Waals surface area (Å²) in [5.74, 6) is -0.191. The SMILES string of the molecule is COc1ccc(C(C)NC(=O)C(C)(N)C2CC2)cc1F. The highest BCUT2D eigenvalue weighted by molar-refractivity contribution is 5.86. The minimum Gasteiger partial charge on any atom is -0.494 e. The molecule has 1 aromatic rings. The van der Waals surface area contributed by atoms with Crippen LogP contribution in [0.25, 0.3) is 0 Å². The Morgan fingerprint density at radius 3 is 2.70 bits per heavy atom. The van der Waals surface area contributed by atoms with Crippen LogP contribution in [0.15, 0.2) is 18.2 Å². The van der Waals surface area contributed by atoms with Crippen LogP contribution in [0.1, 0.15) is 38.3 Å². The highest BCUT2D eigenvalue weighted by Gasteiger charge is 2.44. The van der Waals surface area contributed by atoms with Crippen LogP contribution < -0.4 is 15.8 Å². The van der Waals surface area contributed by atoms with E-state index < -0.39 is 11.4 Å². The van der Waals surface area contributed by atoms with Crippen molar-refractivity contribution in [2.45, 2.75) is 38.3 Å². The van der Waals surface area contributed by atoms with E-state index in [-0.39, 0.29) is 23.6 Å². The molecule has 0 bridgehead atoms. The lowest BCUT2D eigenvalue weighted by Crippen LogP contribution is -2.53. The van der Waals surface area contributed by atoms with Crippen molar-refractivity contribution in [3.05, 3.63) is 29.6 Å². The van der Waals surface area contributed by atoms with Crippen LogP contribution in [-0.2, 0) is 4.79 Å². The molecule has 5 heteroatoms. The molecule has 2 unspecified atom stereocenters. The van der Waals surface area contributed by atoms with Gasteiger partial charge < -0.3 is 15.8 Å². The monoisotopic (exact) mass is 280 g/mol. The quantitative estimate of drug-likeness (QED) is 0.868. The first-order valence-corrected chi connectivity index (χ1v) is 6.79. The number of halogens is 1. The van der Waals surface area contributed by atoms with Gasteiger partial charge in [-0.3, -0.25) is 4.79 Å². The van der Waals surface area contributed by atoms with E-state index in [1.54, 1.807) is 19.1 Å². The number of hydrogen-bond acceptors (Lipinski definition) is 3. The van der Waals surface area contributed by atoms with E-state index in [1.807, 2.05) is 6.92 Å². The number of carbonyl (C=O) groups is 1. The van der Waals surface area contributed by atoms with Crippen LogP contribution in [0, 0.1) is 11.7 Å². The molecule has 0 radical (unpaired) electrons. The molecule has 4 nitrogen and oxygen atoms in total. The molecule has 1 amide bonds. The molecule has 1 fully saturated rings. The second-order valence-electron chi connectivity index (χ2n) is 5.65. The molecular weight excluding hydrogens is 259 g/mol. The van der Waals surface area contributed by atoms with E-state index >= 15 is 0 Å². The molecule has 2 rings (SSSR count). The molecule has 1 aliphatic carbocycles. The summed E-state index contributed by atoms with van der Waals surface area (Å²) in [4.78, 5) is 12.2. The Hall–Kier alpha value is -1.62. The third-order valence-electron chi connectivity index (χ3n) is 3.94.